The van der Waals surface area contributed by atoms with Crippen molar-refractivity contribution in [2.45, 2.75) is 0 Å². The first-order valence-corrected chi connectivity index (χ1v) is 22.2. The zero-order valence-corrected chi connectivity index (χ0v) is 32.6. The number of rotatable bonds is 5. The van der Waals surface area contributed by atoms with Gasteiger partial charge in [0.25, 0.3) is 0 Å². The Morgan fingerprint density at radius 2 is 1.05 bits per heavy atom. The van der Waals surface area contributed by atoms with Crippen LogP contribution in [-0.2, 0) is 0 Å². The molecule has 0 bridgehead atoms. The first-order valence-electron chi connectivity index (χ1n) is 19.4. The van der Waals surface area contributed by atoms with Crippen LogP contribution in [-0.4, -0.2) is 22.6 Å². The molecule has 12 rings (SSSR count). The Kier molecular flexibility index (Phi) is 7.12. The SMILES string of the molecule is c1ccc(-c2nc(-c3ccccc3-n3c4ccccc4c4ccc5c6ccccc6sc5c43)c3c(n2)[Si](c2ccccc2)(c2ccccc2)c2ccccc2-3)cc1. The highest BCUT2D eigenvalue weighted by Crippen LogP contribution is 2.45. The highest BCUT2D eigenvalue weighted by atomic mass is 32.1. The topological polar surface area (TPSA) is 30.7 Å². The zero-order chi connectivity index (χ0) is 37.5. The molecular weight excluding hydrogens is 727 g/mol. The molecule has 0 atom stereocenters. The van der Waals surface area contributed by atoms with Gasteiger partial charge in [0.15, 0.2) is 5.82 Å². The Hall–Kier alpha value is -6.92. The zero-order valence-electron chi connectivity index (χ0n) is 30.8. The molecule has 0 amide bonds. The smallest absolute Gasteiger partial charge is 0.203 e. The molecule has 4 heterocycles. The number of hydrogen-bond acceptors (Lipinski definition) is 3. The second-order valence-corrected chi connectivity index (χ2v) is 19.5. The van der Waals surface area contributed by atoms with Crippen LogP contribution < -0.4 is 20.9 Å². The third-order valence-electron chi connectivity index (χ3n) is 11.9. The van der Waals surface area contributed by atoms with E-state index in [0.29, 0.717) is 0 Å². The summed E-state index contributed by atoms with van der Waals surface area (Å²) in [7, 11) is -2.94. The highest BCUT2D eigenvalue weighted by molar-refractivity contribution is 7.26. The maximum atomic E-state index is 5.73. The summed E-state index contributed by atoms with van der Waals surface area (Å²) in [6.45, 7) is 0. The number of aromatic nitrogens is 3. The van der Waals surface area contributed by atoms with Crippen LogP contribution >= 0.6 is 11.3 Å². The molecule has 5 heteroatoms. The molecule has 0 fully saturated rings. The average Bonchev–Trinajstić information content (AvgIpc) is 3.94. The van der Waals surface area contributed by atoms with Crippen molar-refractivity contribution in [1.29, 1.82) is 0 Å². The van der Waals surface area contributed by atoms with Crippen LogP contribution in [0.1, 0.15) is 0 Å². The van der Waals surface area contributed by atoms with E-state index in [1.165, 1.54) is 63.1 Å². The summed E-state index contributed by atoms with van der Waals surface area (Å²) >= 11 is 1.88. The molecule has 0 saturated carbocycles. The fourth-order valence-corrected chi connectivity index (χ4v) is 15.8. The van der Waals surface area contributed by atoms with Gasteiger partial charge >= 0.3 is 0 Å². The highest BCUT2D eigenvalue weighted by Gasteiger charge is 2.51. The van der Waals surface area contributed by atoms with Crippen LogP contribution in [0.4, 0.5) is 0 Å². The molecule has 1 aliphatic heterocycles. The van der Waals surface area contributed by atoms with Gasteiger partial charge in [-0.3, -0.25) is 0 Å². The van der Waals surface area contributed by atoms with Crippen LogP contribution in [0.25, 0.3) is 81.4 Å². The summed E-state index contributed by atoms with van der Waals surface area (Å²) < 4.78 is 5.10. The maximum Gasteiger partial charge on any atom is 0.203 e. The van der Waals surface area contributed by atoms with Crippen LogP contribution in [0.15, 0.2) is 200 Å². The van der Waals surface area contributed by atoms with E-state index >= 15 is 0 Å². The Morgan fingerprint density at radius 3 is 1.82 bits per heavy atom. The summed E-state index contributed by atoms with van der Waals surface area (Å²) in [5, 5.41) is 10.2. The quantitative estimate of drug-likeness (QED) is 0.164. The molecular formula is C52H33N3SSi. The van der Waals surface area contributed by atoms with Crippen molar-refractivity contribution in [2.24, 2.45) is 0 Å². The minimum Gasteiger partial charge on any atom is -0.307 e. The van der Waals surface area contributed by atoms with Gasteiger partial charge in [0.1, 0.15) is 0 Å². The van der Waals surface area contributed by atoms with Crippen LogP contribution in [0.2, 0.25) is 0 Å². The molecule has 57 heavy (non-hydrogen) atoms. The lowest BCUT2D eigenvalue weighted by Crippen LogP contribution is -2.73. The van der Waals surface area contributed by atoms with E-state index in [2.05, 4.69) is 205 Å². The van der Waals surface area contributed by atoms with Crippen LogP contribution in [0.5, 0.6) is 0 Å². The molecule has 0 radical (unpaired) electrons. The average molecular weight is 760 g/mol. The molecule has 11 aromatic rings. The lowest BCUT2D eigenvalue weighted by Gasteiger charge is -2.30. The van der Waals surface area contributed by atoms with Crippen molar-refractivity contribution >= 4 is 82.3 Å². The van der Waals surface area contributed by atoms with Gasteiger partial charge in [0, 0.05) is 42.9 Å². The van der Waals surface area contributed by atoms with E-state index in [9.17, 15) is 0 Å². The second kappa shape index (κ2) is 12.5. The summed E-state index contributed by atoms with van der Waals surface area (Å²) in [4.78, 5) is 11.4. The Balaban J connectivity index is 1.25. The molecule has 0 saturated heterocycles. The third-order valence-corrected chi connectivity index (χ3v) is 17.8. The first-order chi connectivity index (χ1) is 28.3. The van der Waals surface area contributed by atoms with Gasteiger partial charge in [-0.2, -0.15) is 0 Å². The van der Waals surface area contributed by atoms with E-state index in [4.69, 9.17) is 9.97 Å². The van der Waals surface area contributed by atoms with Gasteiger partial charge in [-0.05, 0) is 39.3 Å². The van der Waals surface area contributed by atoms with Crippen LogP contribution in [0, 0.1) is 0 Å². The number of hydrogen-bond donors (Lipinski definition) is 0. The Bertz CT molecular complexity index is 3310. The van der Waals surface area contributed by atoms with Gasteiger partial charge in [0.05, 0.1) is 32.4 Å². The standard InChI is InChI=1S/C52H33N3SSi/c1-4-18-34(19-5-1)51-53-48(47-42-27-13-17-31-46(42)57(52(47)54-51,35-20-6-2-7-21-35)36-22-8-3-9-23-36)41-26-11-15-29-44(41)55-43-28-14-10-24-37(43)39-32-33-40-38-25-12-16-30-45(38)56-50(40)49(39)55/h1-33H. The van der Waals surface area contributed by atoms with E-state index < -0.39 is 8.07 Å². The van der Waals surface area contributed by atoms with Crippen molar-refractivity contribution in [3.05, 3.63) is 200 Å². The molecule has 1 aliphatic rings. The van der Waals surface area contributed by atoms with Crippen LogP contribution in [0.3, 0.4) is 0 Å². The normalized spacial score (nSPS) is 13.1. The number of nitrogens with zero attached hydrogens (tertiary/aromatic N) is 3. The largest absolute Gasteiger partial charge is 0.307 e. The summed E-state index contributed by atoms with van der Waals surface area (Å²) in [6, 6.07) is 72.9. The fourth-order valence-electron chi connectivity index (χ4n) is 9.53. The predicted molar refractivity (Wildman–Crippen MR) is 243 cm³/mol. The van der Waals surface area contributed by atoms with E-state index in [0.717, 1.165) is 39.2 Å². The minimum absolute atomic E-state index is 0.741. The number of fused-ring (bicyclic) bond motifs is 10. The Labute approximate surface area is 334 Å². The molecule has 266 valence electrons. The number of benzene rings is 8. The van der Waals surface area contributed by atoms with E-state index in [1.54, 1.807) is 0 Å². The lowest BCUT2D eigenvalue weighted by molar-refractivity contribution is 1.16. The van der Waals surface area contributed by atoms with Gasteiger partial charge in [-0.25, -0.2) is 9.97 Å². The first kappa shape index (κ1) is 32.3. The van der Waals surface area contributed by atoms with Crippen molar-refractivity contribution < 1.29 is 0 Å². The monoisotopic (exact) mass is 759 g/mol. The fraction of sp³-hybridized carbons (Fsp3) is 0. The third kappa shape index (κ3) is 4.58. The summed E-state index contributed by atoms with van der Waals surface area (Å²) in [5.41, 5.74) is 8.89. The molecule has 3 aromatic heterocycles. The second-order valence-electron chi connectivity index (χ2n) is 14.8. The molecule has 3 nitrogen and oxygen atoms in total. The van der Waals surface area contributed by atoms with Gasteiger partial charge in [-0.15, -0.1) is 11.3 Å². The maximum absolute atomic E-state index is 5.73. The molecule has 0 spiro atoms. The van der Waals surface area contributed by atoms with Crippen molar-refractivity contribution in [3.8, 4) is 39.5 Å². The van der Waals surface area contributed by atoms with Gasteiger partial charge < -0.3 is 4.57 Å². The number of para-hydroxylation sites is 2. The minimum atomic E-state index is -2.94. The summed E-state index contributed by atoms with van der Waals surface area (Å²) in [5.74, 6) is 0.741. The molecule has 0 N–H and O–H groups in total. The Morgan fingerprint density at radius 1 is 0.456 bits per heavy atom. The van der Waals surface area contributed by atoms with Gasteiger partial charge in [0.2, 0.25) is 8.07 Å². The lowest BCUT2D eigenvalue weighted by atomic mass is 9.99. The molecule has 0 aliphatic carbocycles. The van der Waals surface area contributed by atoms with E-state index in [1.807, 2.05) is 11.3 Å². The van der Waals surface area contributed by atoms with Crippen molar-refractivity contribution in [3.63, 3.8) is 0 Å². The van der Waals surface area contributed by atoms with Crippen molar-refractivity contribution in [1.82, 2.24) is 14.5 Å². The predicted octanol–water partition coefficient (Wildman–Crippen LogP) is 10.6. The molecule has 8 aromatic carbocycles. The summed E-state index contributed by atoms with van der Waals surface area (Å²) in [6.07, 6.45) is 0. The van der Waals surface area contributed by atoms with E-state index in [-0.39, 0.29) is 0 Å². The number of thiophene rings is 1. The van der Waals surface area contributed by atoms with Gasteiger partial charge in [-0.1, -0.05) is 182 Å². The van der Waals surface area contributed by atoms with Crippen molar-refractivity contribution in [2.75, 3.05) is 0 Å². The molecule has 0 unspecified atom stereocenters.